The second kappa shape index (κ2) is 23.1. The van der Waals surface area contributed by atoms with Crippen LogP contribution in [0, 0.1) is 11.6 Å². The van der Waals surface area contributed by atoms with Gasteiger partial charge in [0, 0.05) is 61.7 Å². The number of ether oxygens (including phenoxy) is 4. The molecule has 0 spiro atoms. The van der Waals surface area contributed by atoms with E-state index in [-0.39, 0.29) is 79.8 Å². The fourth-order valence-electron chi connectivity index (χ4n) is 8.43. The zero-order valence-electron chi connectivity index (χ0n) is 37.5. The highest BCUT2D eigenvalue weighted by molar-refractivity contribution is 6.23. The molecule has 68 heavy (non-hydrogen) atoms. The van der Waals surface area contributed by atoms with Gasteiger partial charge in [0.1, 0.15) is 35.9 Å². The van der Waals surface area contributed by atoms with Gasteiger partial charge in [-0.15, -0.1) is 0 Å². The zero-order valence-corrected chi connectivity index (χ0v) is 37.5. The molecule has 6 amide bonds. The van der Waals surface area contributed by atoms with Crippen LogP contribution in [0.4, 0.5) is 14.5 Å². The van der Waals surface area contributed by atoms with E-state index in [9.17, 15) is 47.8 Å². The average molecular weight is 947 g/mol. The fourth-order valence-corrected chi connectivity index (χ4v) is 8.43. The van der Waals surface area contributed by atoms with E-state index in [4.69, 9.17) is 18.9 Å². The summed E-state index contributed by atoms with van der Waals surface area (Å²) in [5.74, 6) is -4.89. The number of nitrogens with one attached hydrogen (secondary N) is 4. The molecule has 3 atom stereocenters. The van der Waals surface area contributed by atoms with Crippen molar-refractivity contribution in [3.8, 4) is 5.75 Å². The van der Waals surface area contributed by atoms with Crippen LogP contribution in [0.1, 0.15) is 94.6 Å². The van der Waals surface area contributed by atoms with Crippen molar-refractivity contribution in [2.75, 3.05) is 64.2 Å². The number of aliphatic hydroxyl groups is 2. The number of hydrogen-bond acceptors (Lipinski definition) is 12. The molecule has 0 aliphatic carbocycles. The van der Waals surface area contributed by atoms with E-state index in [1.54, 1.807) is 36.4 Å². The molecule has 3 aliphatic heterocycles. The lowest BCUT2D eigenvalue weighted by Gasteiger charge is -2.33. The van der Waals surface area contributed by atoms with Crippen LogP contribution in [-0.4, -0.2) is 133 Å². The lowest BCUT2D eigenvalue weighted by Crippen LogP contribution is -2.57. The summed E-state index contributed by atoms with van der Waals surface area (Å²) in [5.41, 5.74) is -0.435. The summed E-state index contributed by atoms with van der Waals surface area (Å²) in [6.45, 7) is 2.87. The van der Waals surface area contributed by atoms with Crippen molar-refractivity contribution in [1.82, 2.24) is 25.8 Å². The predicted octanol–water partition coefficient (Wildman–Crippen LogP) is 3.62. The van der Waals surface area contributed by atoms with Gasteiger partial charge in [-0.2, -0.15) is 0 Å². The smallest absolute Gasteiger partial charge is 0.268 e. The normalized spacial score (nSPS) is 19.2. The Labute approximate surface area is 390 Å². The van der Waals surface area contributed by atoms with Crippen LogP contribution in [0.3, 0.4) is 0 Å². The molecule has 0 bridgehead atoms. The topological polar surface area (TPSA) is 238 Å². The highest BCUT2D eigenvalue weighted by Crippen LogP contribution is 2.35. The molecule has 2 saturated heterocycles. The van der Waals surface area contributed by atoms with Gasteiger partial charge < -0.3 is 55.0 Å². The Morgan fingerprint density at radius 3 is 2.22 bits per heavy atom. The van der Waals surface area contributed by atoms with E-state index >= 15 is 0 Å². The van der Waals surface area contributed by atoms with Gasteiger partial charge in [-0.05, 0) is 73.4 Å². The maximum atomic E-state index is 13.5. The number of H-pyrrole nitrogens is 1. The number of benzene rings is 3. The number of fused-ring (bicyclic) bond motifs is 2. The molecule has 0 radical (unpaired) electrons. The molecule has 7 rings (SSSR count). The maximum absolute atomic E-state index is 13.5. The van der Waals surface area contributed by atoms with Gasteiger partial charge in [0.15, 0.2) is 0 Å². The summed E-state index contributed by atoms with van der Waals surface area (Å²) < 4.78 is 49.7. The Balaban J connectivity index is 0.683. The van der Waals surface area contributed by atoms with Crippen molar-refractivity contribution >= 4 is 52.0 Å². The number of aromatic nitrogens is 1. The van der Waals surface area contributed by atoms with Crippen LogP contribution in [-0.2, 0) is 35.1 Å². The number of imide groups is 1. The first-order valence-corrected chi connectivity index (χ1v) is 22.9. The highest BCUT2D eigenvalue weighted by atomic mass is 19.1. The van der Waals surface area contributed by atoms with Crippen LogP contribution < -0.4 is 25.6 Å². The molecular formula is C48H56F2N6O12. The molecule has 2 fully saturated rings. The molecular weight excluding hydrogens is 891 g/mol. The number of halogens is 2. The summed E-state index contributed by atoms with van der Waals surface area (Å²) in [7, 11) is 0. The van der Waals surface area contributed by atoms with Crippen molar-refractivity contribution in [3.63, 3.8) is 0 Å². The van der Waals surface area contributed by atoms with Crippen molar-refractivity contribution in [1.29, 1.82) is 0 Å². The first-order valence-electron chi connectivity index (χ1n) is 22.9. The summed E-state index contributed by atoms with van der Waals surface area (Å²) in [4.78, 5) is 82.2. The largest absolute Gasteiger partial charge is 0.490 e. The standard InChI is InChI=1S/C48H56F2N6O12/c49-32-24-30(25-33(50)28-32)29-52-46(62)48(64)14-16-55(47(48)63)34-10-11-36-31(26-34)27-37(53-36)42(58)51-15-5-3-1-2-4-6-17-65-18-19-66-20-21-67-22-23-68-39-9-7-8-35-41(39)45(61)56(44(35)60)38-12-13-40(57)54-43(38)59/h7-11,24-28,38,43,53,59,64H,1-6,12-23,29H2,(H,51,58)(H,52,62)(H,54,57). The molecule has 20 heteroatoms. The van der Waals surface area contributed by atoms with Crippen LogP contribution >= 0.6 is 0 Å². The number of hydrogen-bond donors (Lipinski definition) is 6. The Kier molecular flexibility index (Phi) is 16.9. The van der Waals surface area contributed by atoms with E-state index in [0.717, 1.165) is 55.6 Å². The number of carbonyl (C=O) groups excluding carboxylic acids is 6. The average Bonchev–Trinajstić information content (AvgIpc) is 3.96. The lowest BCUT2D eigenvalue weighted by molar-refractivity contribution is -0.149. The quantitative estimate of drug-likeness (QED) is 0.0318. The van der Waals surface area contributed by atoms with Crippen molar-refractivity contribution in [2.45, 2.75) is 82.2 Å². The Morgan fingerprint density at radius 1 is 0.794 bits per heavy atom. The first kappa shape index (κ1) is 49.6. The Morgan fingerprint density at radius 2 is 1.49 bits per heavy atom. The van der Waals surface area contributed by atoms with E-state index < -0.39 is 53.1 Å². The lowest BCUT2D eigenvalue weighted by atomic mass is 10.0. The van der Waals surface area contributed by atoms with Gasteiger partial charge in [-0.25, -0.2) is 8.78 Å². The summed E-state index contributed by atoms with van der Waals surface area (Å²) >= 11 is 0. The number of anilines is 1. The van der Waals surface area contributed by atoms with Gasteiger partial charge in [-0.3, -0.25) is 33.7 Å². The van der Waals surface area contributed by atoms with Gasteiger partial charge in [0.25, 0.3) is 29.5 Å². The van der Waals surface area contributed by atoms with Crippen molar-refractivity contribution in [2.24, 2.45) is 0 Å². The second-order valence-electron chi connectivity index (χ2n) is 16.8. The second-order valence-corrected chi connectivity index (χ2v) is 16.8. The minimum absolute atomic E-state index is 0.0579. The van der Waals surface area contributed by atoms with Crippen molar-refractivity contribution in [3.05, 3.63) is 94.7 Å². The Hall–Kier alpha value is -6.32. The molecule has 364 valence electrons. The number of amides is 6. The number of unbranched alkanes of at least 4 members (excludes halogenated alkanes) is 5. The Bertz CT molecular complexity index is 2470. The minimum atomic E-state index is -2.35. The minimum Gasteiger partial charge on any atom is -0.490 e. The molecule has 0 saturated carbocycles. The SMILES string of the molecule is O=C1CCC(N2C(=O)c3cccc(OCCOCCOCCOCCCCCCCCNC(=O)c4cc5cc(N6CCC(O)(C(=O)NCc7cc(F)cc(F)c7)C6=O)ccc5[nH]4)c3C2=O)C(O)N1. The predicted molar refractivity (Wildman–Crippen MR) is 241 cm³/mol. The monoisotopic (exact) mass is 946 g/mol. The third kappa shape index (κ3) is 12.0. The fraction of sp³-hybridized carbons (Fsp3) is 0.458. The van der Waals surface area contributed by atoms with E-state index in [0.29, 0.717) is 67.9 Å². The summed E-state index contributed by atoms with van der Waals surface area (Å²) in [6.07, 6.45) is 4.54. The number of aliphatic hydroxyl groups excluding tert-OH is 1. The number of piperidine rings is 1. The molecule has 4 aromatic rings. The highest BCUT2D eigenvalue weighted by Gasteiger charge is 2.52. The van der Waals surface area contributed by atoms with Gasteiger partial charge in [0.2, 0.25) is 11.5 Å². The molecule has 6 N–H and O–H groups in total. The van der Waals surface area contributed by atoms with Crippen LogP contribution in [0.25, 0.3) is 10.9 Å². The van der Waals surface area contributed by atoms with E-state index in [1.807, 2.05) is 0 Å². The van der Waals surface area contributed by atoms with E-state index in [2.05, 4.69) is 20.9 Å². The third-order valence-electron chi connectivity index (χ3n) is 12.0. The first-order chi connectivity index (χ1) is 32.8. The van der Waals surface area contributed by atoms with Crippen LogP contribution in [0.2, 0.25) is 0 Å². The molecule has 1 aromatic heterocycles. The van der Waals surface area contributed by atoms with Crippen LogP contribution in [0.15, 0.2) is 60.7 Å². The number of nitrogens with zero attached hydrogens (tertiary/aromatic N) is 2. The number of carbonyl (C=O) groups is 6. The van der Waals surface area contributed by atoms with Gasteiger partial charge in [-0.1, -0.05) is 31.7 Å². The summed E-state index contributed by atoms with van der Waals surface area (Å²) in [5, 5.41) is 29.7. The van der Waals surface area contributed by atoms with Gasteiger partial charge in [0.05, 0.1) is 50.2 Å². The maximum Gasteiger partial charge on any atom is 0.268 e. The number of aromatic amines is 1. The zero-order chi connectivity index (χ0) is 48.2. The van der Waals surface area contributed by atoms with Crippen LogP contribution in [0.5, 0.6) is 5.75 Å². The molecule has 4 heterocycles. The summed E-state index contributed by atoms with van der Waals surface area (Å²) in [6, 6.07) is 13.4. The molecule has 18 nitrogen and oxygen atoms in total. The third-order valence-corrected chi connectivity index (χ3v) is 12.0. The van der Waals surface area contributed by atoms with Gasteiger partial charge >= 0.3 is 0 Å². The molecule has 3 aromatic carbocycles. The molecule has 3 unspecified atom stereocenters. The van der Waals surface area contributed by atoms with E-state index in [1.165, 1.54) is 11.0 Å². The molecule has 3 aliphatic rings. The van der Waals surface area contributed by atoms with Crippen molar-refractivity contribution < 1.29 is 66.7 Å². The number of rotatable bonds is 25.